The molecular weight excluding hydrogens is 466 g/mol. The minimum absolute atomic E-state index is 0.337. The molecule has 35 heavy (non-hydrogen) atoms. The monoisotopic (exact) mass is 491 g/mol. The Kier molecular flexibility index (Phi) is 7.22. The summed E-state index contributed by atoms with van der Waals surface area (Å²) < 4.78 is 21.7. The fraction of sp³-hybridized carbons (Fsp3) is 0.185. The third kappa shape index (κ3) is 5.07. The van der Waals surface area contributed by atoms with Crippen molar-refractivity contribution in [3.63, 3.8) is 0 Å². The SMILES string of the molecule is CCOc1ccc(-c2coc3cc(OC)c(/C(C)=C/C(=O)Nc4ccsc4C(=O)OC)cc23)cc1. The maximum Gasteiger partial charge on any atom is 0.350 e. The van der Waals surface area contributed by atoms with Gasteiger partial charge in [0.25, 0.3) is 0 Å². The second kappa shape index (κ2) is 10.5. The molecule has 1 amide bonds. The predicted octanol–water partition coefficient (Wildman–Crippen LogP) is 6.40. The van der Waals surface area contributed by atoms with Crippen LogP contribution in [0.3, 0.4) is 0 Å². The molecule has 0 aliphatic rings. The van der Waals surface area contributed by atoms with Gasteiger partial charge in [-0.25, -0.2) is 4.79 Å². The fourth-order valence-corrected chi connectivity index (χ4v) is 4.52. The van der Waals surface area contributed by atoms with E-state index in [0.29, 0.717) is 34.1 Å². The Bertz CT molecular complexity index is 1400. The largest absolute Gasteiger partial charge is 0.496 e. The van der Waals surface area contributed by atoms with Crippen LogP contribution < -0.4 is 14.8 Å². The summed E-state index contributed by atoms with van der Waals surface area (Å²) in [5, 5.41) is 5.36. The van der Waals surface area contributed by atoms with Crippen molar-refractivity contribution in [1.82, 2.24) is 0 Å². The van der Waals surface area contributed by atoms with E-state index in [1.165, 1.54) is 24.5 Å². The first kappa shape index (κ1) is 24.1. The van der Waals surface area contributed by atoms with Gasteiger partial charge in [-0.3, -0.25) is 4.79 Å². The van der Waals surface area contributed by atoms with Crippen LogP contribution in [0.1, 0.15) is 29.1 Å². The van der Waals surface area contributed by atoms with Crippen molar-refractivity contribution >= 4 is 45.4 Å². The third-order valence-electron chi connectivity index (χ3n) is 5.44. The van der Waals surface area contributed by atoms with Gasteiger partial charge in [-0.1, -0.05) is 12.1 Å². The summed E-state index contributed by atoms with van der Waals surface area (Å²) in [6.45, 7) is 4.38. The third-order valence-corrected chi connectivity index (χ3v) is 6.33. The normalized spacial score (nSPS) is 11.4. The summed E-state index contributed by atoms with van der Waals surface area (Å²) in [4.78, 5) is 25.0. The zero-order chi connectivity index (χ0) is 24.9. The van der Waals surface area contributed by atoms with Crippen molar-refractivity contribution in [3.05, 3.63) is 70.6 Å². The zero-order valence-corrected chi connectivity index (χ0v) is 20.7. The molecule has 2 aromatic heterocycles. The standard InChI is InChI=1S/C27H25NO6S/c1-5-33-18-8-6-17(7-9-18)21-15-34-24-14-23(31-3)19(13-20(21)24)16(2)12-25(29)28-22-10-11-35-26(22)27(30)32-4/h6-15H,5H2,1-4H3,(H,28,29)/b16-12+. The van der Waals surface area contributed by atoms with Gasteiger partial charge in [-0.2, -0.15) is 0 Å². The molecule has 7 nitrogen and oxygen atoms in total. The first-order valence-corrected chi connectivity index (χ1v) is 11.8. The molecule has 0 unspecified atom stereocenters. The Labute approximate surface area is 206 Å². The van der Waals surface area contributed by atoms with E-state index in [1.54, 1.807) is 24.8 Å². The highest BCUT2D eigenvalue weighted by Crippen LogP contribution is 2.38. The highest BCUT2D eigenvalue weighted by molar-refractivity contribution is 7.12. The van der Waals surface area contributed by atoms with E-state index < -0.39 is 5.97 Å². The van der Waals surface area contributed by atoms with Crippen molar-refractivity contribution in [2.24, 2.45) is 0 Å². The van der Waals surface area contributed by atoms with Crippen LogP contribution >= 0.6 is 11.3 Å². The lowest BCUT2D eigenvalue weighted by Crippen LogP contribution is -2.11. The Balaban J connectivity index is 1.66. The van der Waals surface area contributed by atoms with Gasteiger partial charge < -0.3 is 23.9 Å². The van der Waals surface area contributed by atoms with E-state index in [-0.39, 0.29) is 5.91 Å². The number of methoxy groups -OCH3 is 2. The number of thiophene rings is 1. The van der Waals surface area contributed by atoms with E-state index in [9.17, 15) is 9.59 Å². The molecule has 180 valence electrons. The first-order valence-electron chi connectivity index (χ1n) is 10.9. The van der Waals surface area contributed by atoms with Gasteiger partial charge in [0.1, 0.15) is 22.0 Å². The molecule has 1 N–H and O–H groups in total. The summed E-state index contributed by atoms with van der Waals surface area (Å²) in [7, 11) is 2.87. The molecule has 2 heterocycles. The van der Waals surface area contributed by atoms with Crippen molar-refractivity contribution < 1.29 is 28.2 Å². The van der Waals surface area contributed by atoms with Crippen molar-refractivity contribution in [2.45, 2.75) is 13.8 Å². The summed E-state index contributed by atoms with van der Waals surface area (Å²) in [5.74, 6) is 0.520. The predicted molar refractivity (Wildman–Crippen MR) is 137 cm³/mol. The minimum atomic E-state index is -0.495. The summed E-state index contributed by atoms with van der Waals surface area (Å²) in [6, 6.07) is 13.2. The van der Waals surface area contributed by atoms with Gasteiger partial charge in [0, 0.05) is 28.7 Å². The van der Waals surface area contributed by atoms with Gasteiger partial charge in [-0.15, -0.1) is 11.3 Å². The number of nitrogens with one attached hydrogen (secondary N) is 1. The maximum absolute atomic E-state index is 12.7. The average Bonchev–Trinajstić information content (AvgIpc) is 3.50. The summed E-state index contributed by atoms with van der Waals surface area (Å²) >= 11 is 1.20. The molecule has 0 saturated heterocycles. The van der Waals surface area contributed by atoms with Gasteiger partial charge >= 0.3 is 5.97 Å². The molecule has 0 saturated carbocycles. The lowest BCUT2D eigenvalue weighted by molar-refractivity contribution is -0.111. The molecule has 4 rings (SSSR count). The van der Waals surface area contributed by atoms with Crippen LogP contribution in [0, 0.1) is 0 Å². The smallest absolute Gasteiger partial charge is 0.350 e. The molecule has 0 aliphatic heterocycles. The number of rotatable bonds is 8. The van der Waals surface area contributed by atoms with Gasteiger partial charge in [0.2, 0.25) is 5.91 Å². The molecule has 0 radical (unpaired) electrons. The second-order valence-electron chi connectivity index (χ2n) is 7.63. The number of carbonyl (C=O) groups is 2. The van der Waals surface area contributed by atoms with Crippen LogP contribution in [0.5, 0.6) is 11.5 Å². The lowest BCUT2D eigenvalue weighted by atomic mass is 9.99. The maximum atomic E-state index is 12.7. The highest BCUT2D eigenvalue weighted by atomic mass is 32.1. The molecule has 2 aromatic carbocycles. The van der Waals surface area contributed by atoms with Crippen LogP contribution in [0.25, 0.3) is 27.7 Å². The highest BCUT2D eigenvalue weighted by Gasteiger charge is 2.17. The van der Waals surface area contributed by atoms with E-state index >= 15 is 0 Å². The van der Waals surface area contributed by atoms with Crippen molar-refractivity contribution in [1.29, 1.82) is 0 Å². The molecule has 8 heteroatoms. The average molecular weight is 492 g/mol. The van der Waals surface area contributed by atoms with Crippen LogP contribution in [0.15, 0.2) is 64.6 Å². The van der Waals surface area contributed by atoms with Gasteiger partial charge in [0.05, 0.1) is 32.8 Å². The van der Waals surface area contributed by atoms with Crippen LogP contribution in [0.4, 0.5) is 5.69 Å². The topological polar surface area (TPSA) is 87.0 Å². The lowest BCUT2D eigenvalue weighted by Gasteiger charge is -2.10. The van der Waals surface area contributed by atoms with E-state index in [0.717, 1.165) is 27.8 Å². The number of hydrogen-bond acceptors (Lipinski definition) is 7. The number of hydrogen-bond donors (Lipinski definition) is 1. The number of anilines is 1. The van der Waals surface area contributed by atoms with E-state index in [1.807, 2.05) is 50.2 Å². The summed E-state index contributed by atoms with van der Waals surface area (Å²) in [5.41, 5.74) is 4.43. The quantitative estimate of drug-likeness (QED) is 0.227. The number of amides is 1. The van der Waals surface area contributed by atoms with Crippen LogP contribution in [0.2, 0.25) is 0 Å². The Hall–Kier alpha value is -4.04. The Morgan fingerprint density at radius 3 is 2.57 bits per heavy atom. The molecule has 0 atom stereocenters. The van der Waals surface area contributed by atoms with E-state index in [2.05, 4.69) is 5.32 Å². The number of esters is 1. The van der Waals surface area contributed by atoms with Crippen molar-refractivity contribution in [2.75, 3.05) is 26.1 Å². The molecule has 0 aliphatic carbocycles. The minimum Gasteiger partial charge on any atom is -0.496 e. The Morgan fingerprint density at radius 2 is 1.89 bits per heavy atom. The number of allylic oxidation sites excluding steroid dienone is 1. The zero-order valence-electron chi connectivity index (χ0n) is 19.8. The second-order valence-corrected chi connectivity index (χ2v) is 8.54. The molecule has 4 aromatic rings. The molecule has 0 fully saturated rings. The molecule has 0 bridgehead atoms. The van der Waals surface area contributed by atoms with Crippen LogP contribution in [-0.4, -0.2) is 32.7 Å². The van der Waals surface area contributed by atoms with Crippen molar-refractivity contribution in [3.8, 4) is 22.6 Å². The van der Waals surface area contributed by atoms with E-state index in [4.69, 9.17) is 18.6 Å². The number of carbonyl (C=O) groups excluding carboxylic acids is 2. The van der Waals surface area contributed by atoms with Crippen LogP contribution in [-0.2, 0) is 9.53 Å². The Morgan fingerprint density at radius 1 is 1.11 bits per heavy atom. The number of ether oxygens (including phenoxy) is 3. The molecular formula is C27H25NO6S. The number of furan rings is 1. The first-order chi connectivity index (χ1) is 16.9. The summed E-state index contributed by atoms with van der Waals surface area (Å²) in [6.07, 6.45) is 3.18. The molecule has 0 spiro atoms. The number of fused-ring (bicyclic) bond motifs is 1. The fourth-order valence-electron chi connectivity index (χ4n) is 3.75. The number of benzene rings is 2. The van der Waals surface area contributed by atoms with Gasteiger partial charge in [0.15, 0.2) is 0 Å². The van der Waals surface area contributed by atoms with Gasteiger partial charge in [-0.05, 0) is 54.6 Å².